The van der Waals surface area contributed by atoms with Crippen LogP contribution in [0.3, 0.4) is 0 Å². The van der Waals surface area contributed by atoms with E-state index in [9.17, 15) is 0 Å². The summed E-state index contributed by atoms with van der Waals surface area (Å²) in [5.74, 6) is 0. The molecule has 0 saturated carbocycles. The molecule has 0 bridgehead atoms. The minimum atomic E-state index is -1.78. The summed E-state index contributed by atoms with van der Waals surface area (Å²) in [6, 6.07) is 0. The minimum absolute atomic E-state index is 1.35. The summed E-state index contributed by atoms with van der Waals surface area (Å²) in [5.41, 5.74) is 0. The Hall–Kier alpha value is 1.08. The number of unbranched alkanes of at least 4 members (excludes halogenated alkanes) is 4. The van der Waals surface area contributed by atoms with E-state index in [2.05, 4.69) is 43.9 Å². The van der Waals surface area contributed by atoms with Crippen molar-refractivity contribution >= 4 is 46.7 Å². The minimum Gasteiger partial charge on any atom is -0.324 e. The van der Waals surface area contributed by atoms with Crippen molar-refractivity contribution in [3.63, 3.8) is 0 Å². The Labute approximate surface area is 164 Å². The first-order valence-corrected chi connectivity index (χ1v) is 10.5. The largest absolute Gasteiger partial charge is 0.324 e. The first-order chi connectivity index (χ1) is 10.8. The van der Waals surface area contributed by atoms with Gasteiger partial charge in [0.05, 0.1) is 38.0 Å². The smallest absolute Gasteiger partial charge is 0.313 e. The Kier molecular flexibility index (Phi) is 18.9. The van der Waals surface area contributed by atoms with Gasteiger partial charge in [0.2, 0.25) is 0 Å². The Bertz CT molecular complexity index is 210. The van der Waals surface area contributed by atoms with Crippen LogP contribution in [0.5, 0.6) is 0 Å². The predicted molar refractivity (Wildman–Crippen MR) is 107 cm³/mol. The van der Waals surface area contributed by atoms with Crippen molar-refractivity contribution in [1.29, 1.82) is 0 Å². The fourth-order valence-corrected chi connectivity index (χ4v) is 2.64. The molecule has 0 saturated heterocycles. The van der Waals surface area contributed by atoms with Crippen molar-refractivity contribution < 1.29 is 8.77 Å². The number of quaternary nitrogens is 1. The van der Waals surface area contributed by atoms with Crippen LogP contribution in [-0.2, 0) is 4.29 Å². The average Bonchev–Trinajstić information content (AvgIpc) is 2.53. The van der Waals surface area contributed by atoms with Crippen molar-refractivity contribution in [2.45, 2.75) is 83.0 Å². The van der Waals surface area contributed by atoms with E-state index in [0.717, 1.165) is 0 Å². The third-order valence-corrected chi connectivity index (χ3v) is 4.73. The van der Waals surface area contributed by atoms with Gasteiger partial charge in [-0.2, -0.15) is 0 Å². The van der Waals surface area contributed by atoms with E-state index in [0.29, 0.717) is 0 Å². The molecule has 6 heteroatoms. The molecule has 0 aromatic rings. The molecular weight excluding hydrogens is 376 g/mol. The lowest BCUT2D eigenvalue weighted by Gasteiger charge is -2.39. The molecule has 0 N–H and O–H groups in total. The molecule has 2 nitrogen and oxygen atoms in total. The summed E-state index contributed by atoms with van der Waals surface area (Å²) in [6.07, 6.45) is 11.1. The molecule has 0 aromatic heterocycles. The maximum absolute atomic E-state index is 4.89. The predicted octanol–water partition coefficient (Wildman–Crippen LogP) is 7.49. The molecule has 0 unspecified atom stereocenters. The summed E-state index contributed by atoms with van der Waals surface area (Å²) >= 11 is 19.3. The van der Waals surface area contributed by atoms with Crippen molar-refractivity contribution in [2.24, 2.45) is 0 Å². The monoisotopic (exact) mass is 410 g/mol. The second-order valence-corrected chi connectivity index (χ2v) is 8.50. The summed E-state index contributed by atoms with van der Waals surface area (Å²) < 4.78 is 3.35. The number of hydrogen-bond acceptors (Lipinski definition) is 1. The molecule has 0 spiro atoms. The van der Waals surface area contributed by atoms with Crippen molar-refractivity contribution in [3.8, 4) is 0 Å². The van der Waals surface area contributed by atoms with Gasteiger partial charge in [0.25, 0.3) is 0 Å². The van der Waals surface area contributed by atoms with Gasteiger partial charge >= 0.3 is 3.98 Å². The van der Waals surface area contributed by atoms with Crippen LogP contribution in [0, 0.1) is 0 Å². The van der Waals surface area contributed by atoms with Gasteiger partial charge in [-0.3, -0.25) is 0 Å². The van der Waals surface area contributed by atoms with Crippen LogP contribution in [0.2, 0.25) is 0 Å². The third-order valence-electron chi connectivity index (χ3n) is 4.03. The van der Waals surface area contributed by atoms with Crippen LogP contribution in [-0.4, -0.2) is 34.6 Å². The lowest BCUT2D eigenvalue weighted by molar-refractivity contribution is -0.929. The Morgan fingerprint density at radius 1 is 0.652 bits per heavy atom. The van der Waals surface area contributed by atoms with Crippen molar-refractivity contribution in [2.75, 3.05) is 26.2 Å². The summed E-state index contributed by atoms with van der Waals surface area (Å²) in [6.45, 7) is 15.0. The van der Waals surface area contributed by atoms with E-state index in [-0.39, 0.29) is 0 Å². The van der Waals surface area contributed by atoms with E-state index < -0.39 is 3.98 Å². The zero-order valence-corrected chi connectivity index (χ0v) is 18.4. The van der Waals surface area contributed by atoms with Gasteiger partial charge in [0, 0.05) is 0 Å². The van der Waals surface area contributed by atoms with Crippen molar-refractivity contribution in [3.05, 3.63) is 0 Å². The van der Waals surface area contributed by atoms with E-state index >= 15 is 0 Å². The number of nitrogens with zero attached hydrogens (tertiary/aromatic N) is 1. The molecule has 0 atom stereocenters. The maximum Gasteiger partial charge on any atom is 0.313 e. The molecule has 142 valence electrons. The molecule has 0 aliphatic rings. The number of halogens is 4. The fraction of sp³-hybridized carbons (Fsp3) is 1.00. The van der Waals surface area contributed by atoms with Crippen LogP contribution in [0.25, 0.3) is 0 Å². The molecule has 23 heavy (non-hydrogen) atoms. The zero-order valence-electron chi connectivity index (χ0n) is 15.4. The SMILES string of the molecule is CCCC[N+](CCCC)(CCCC)CCCC.ClOC(Cl)(Cl)Cl. The molecule has 0 aliphatic heterocycles. The maximum atomic E-state index is 4.89. The first kappa shape index (κ1) is 26.3. The average molecular weight is 412 g/mol. The highest BCUT2D eigenvalue weighted by Crippen LogP contribution is 2.28. The molecule has 0 heterocycles. The fourth-order valence-electron chi connectivity index (χ4n) is 2.64. The summed E-state index contributed by atoms with van der Waals surface area (Å²) in [5, 5.41) is 0. The Morgan fingerprint density at radius 3 is 1.00 bits per heavy atom. The second kappa shape index (κ2) is 16.5. The van der Waals surface area contributed by atoms with Crippen LogP contribution >= 0.6 is 46.7 Å². The van der Waals surface area contributed by atoms with Gasteiger partial charge in [-0.1, -0.05) is 88.2 Å². The van der Waals surface area contributed by atoms with Crippen molar-refractivity contribution in [1.82, 2.24) is 0 Å². The molecule has 0 aliphatic carbocycles. The number of hydrogen-bond donors (Lipinski definition) is 0. The Morgan fingerprint density at radius 2 is 0.870 bits per heavy atom. The molecule has 0 radical (unpaired) electrons. The second-order valence-electron chi connectivity index (χ2n) is 6.17. The summed E-state index contributed by atoms with van der Waals surface area (Å²) in [7, 11) is 0. The number of alkyl halides is 3. The van der Waals surface area contributed by atoms with Gasteiger partial charge in [-0.15, -0.1) is 0 Å². The highest BCUT2D eigenvalue weighted by Gasteiger charge is 2.24. The number of rotatable bonds is 12. The van der Waals surface area contributed by atoms with Gasteiger partial charge in [0.1, 0.15) is 0 Å². The highest BCUT2D eigenvalue weighted by molar-refractivity contribution is 6.67. The van der Waals surface area contributed by atoms with Crippen LogP contribution in [0.4, 0.5) is 0 Å². The molecule has 0 fully saturated rings. The lowest BCUT2D eigenvalue weighted by atomic mass is 10.1. The molecular formula is C17H36Cl4NO+. The highest BCUT2D eigenvalue weighted by atomic mass is 35.6. The topological polar surface area (TPSA) is 9.23 Å². The zero-order chi connectivity index (χ0) is 18.2. The van der Waals surface area contributed by atoms with Gasteiger partial charge in [0.15, 0.2) is 0 Å². The van der Waals surface area contributed by atoms with Gasteiger partial charge in [-0.05, 0) is 25.7 Å². The molecule has 0 aromatic carbocycles. The normalized spacial score (nSPS) is 12.0. The lowest BCUT2D eigenvalue weighted by Crippen LogP contribution is -2.50. The molecule has 0 rings (SSSR count). The van der Waals surface area contributed by atoms with Crippen LogP contribution < -0.4 is 0 Å². The first-order valence-electron chi connectivity index (χ1n) is 9.02. The van der Waals surface area contributed by atoms with Gasteiger partial charge in [-0.25, -0.2) is 4.29 Å². The third kappa shape index (κ3) is 17.7. The Balaban J connectivity index is 0. The van der Waals surface area contributed by atoms with E-state index in [1.165, 1.54) is 82.0 Å². The molecule has 0 amide bonds. The van der Waals surface area contributed by atoms with E-state index in [1.807, 2.05) is 0 Å². The summed E-state index contributed by atoms with van der Waals surface area (Å²) in [4.78, 5) is 0. The van der Waals surface area contributed by atoms with Gasteiger partial charge < -0.3 is 4.48 Å². The van der Waals surface area contributed by atoms with E-state index in [1.54, 1.807) is 0 Å². The quantitative estimate of drug-likeness (QED) is 0.238. The van der Waals surface area contributed by atoms with Crippen LogP contribution in [0.1, 0.15) is 79.1 Å². The van der Waals surface area contributed by atoms with E-state index in [4.69, 9.17) is 34.8 Å². The standard InChI is InChI=1S/C16H36N.CCl4O/c1-5-9-13-17(14-10-6-2,15-11-7-3)16-12-8-4;2-1(3,4)6-5/h5-16H2,1-4H3;/q+1;. The van der Waals surface area contributed by atoms with Crippen LogP contribution in [0.15, 0.2) is 0 Å².